The van der Waals surface area contributed by atoms with Gasteiger partial charge in [0.1, 0.15) is 127 Å². The average Bonchev–Trinajstić information content (AvgIpc) is 0.772. The molecule has 0 radical (unpaired) electrons. The molecule has 141 heavy (non-hydrogen) atoms. The van der Waals surface area contributed by atoms with Gasteiger partial charge in [0.05, 0.1) is 49.3 Å². The number of nitrogens with one attached hydrogen (secondary N) is 1. The van der Waals surface area contributed by atoms with Crippen LogP contribution >= 0.6 is 0 Å². The molecule has 0 aromatic rings. The molecule has 0 aromatic heterocycles. The minimum Gasteiger partial charge on any atom is -0.506 e. The maximum atomic E-state index is 16.3. The van der Waals surface area contributed by atoms with E-state index in [1.54, 1.807) is 6.92 Å². The van der Waals surface area contributed by atoms with Crippen LogP contribution in [0.3, 0.4) is 0 Å². The van der Waals surface area contributed by atoms with Crippen molar-refractivity contribution in [3.8, 4) is 0 Å². The van der Waals surface area contributed by atoms with Gasteiger partial charge in [0.15, 0.2) is 54.3 Å². The number of fused-ring (bicyclic) bond motifs is 7. The van der Waals surface area contributed by atoms with Crippen LogP contribution in [0.4, 0.5) is 0 Å². The fourth-order valence-electron chi connectivity index (χ4n) is 22.9. The molecule has 0 aromatic carbocycles. The van der Waals surface area contributed by atoms with E-state index in [1.807, 2.05) is 33.8 Å². The highest BCUT2D eigenvalue weighted by Gasteiger charge is 2.73. The minimum atomic E-state index is -2.86. The molecule has 5 saturated carbocycles. The van der Waals surface area contributed by atoms with Gasteiger partial charge in [0, 0.05) is 49.8 Å². The van der Waals surface area contributed by atoms with Gasteiger partial charge in [-0.1, -0.05) is 66.5 Å². The first-order valence-electron chi connectivity index (χ1n) is 47.9. The fraction of sp³-hybridized carbons (Fsp3) is 0.826. The molecule has 11 aliphatic rings. The quantitative estimate of drug-likeness (QED) is 0.00315. The molecule has 6 aliphatic carbocycles. The van der Waals surface area contributed by atoms with Crippen LogP contribution in [0.5, 0.6) is 0 Å². The molecule has 3 amide bonds. The van der Waals surface area contributed by atoms with Crippen LogP contribution in [0, 0.1) is 50.2 Å². The van der Waals surface area contributed by atoms with Gasteiger partial charge in [-0.05, 0) is 157 Å². The highest BCUT2D eigenvalue weighted by atomic mass is 16.8. The highest BCUT2D eigenvalue weighted by Crippen LogP contribution is 2.76. The number of carbonyl (C=O) groups excluding carboxylic acids is 4. The number of aliphatic hydroxyl groups is 27. The van der Waals surface area contributed by atoms with Crippen molar-refractivity contribution >= 4 is 35.9 Å². The largest absolute Gasteiger partial charge is 0.506 e. The summed E-state index contributed by atoms with van der Waals surface area (Å²) in [6.45, 7) is 16.1. The van der Waals surface area contributed by atoms with E-state index < -0.39 is 362 Å². The molecular weight excluding hydrogens is 1880 g/mol. The zero-order valence-corrected chi connectivity index (χ0v) is 80.2. The second kappa shape index (κ2) is 46.4. The first-order chi connectivity index (χ1) is 66.0. The lowest BCUT2D eigenvalue weighted by atomic mass is 9.33. The van der Waals surface area contributed by atoms with Crippen LogP contribution in [0.15, 0.2) is 63.5 Å². The second-order valence-electron chi connectivity index (χ2n) is 41.0. The van der Waals surface area contributed by atoms with Crippen molar-refractivity contribution in [2.24, 2.45) is 55.3 Å². The summed E-state index contributed by atoms with van der Waals surface area (Å²) in [5.41, 5.74) is -3.67. The molecule has 29 N–H and O–H groups in total. The molecule has 37 unspecified atom stereocenters. The summed E-state index contributed by atoms with van der Waals surface area (Å²) in [5.74, 6) is -14.5. The van der Waals surface area contributed by atoms with Crippen molar-refractivity contribution in [1.29, 1.82) is 0 Å². The number of allylic oxidation sites excluding steroid dienone is 2. The summed E-state index contributed by atoms with van der Waals surface area (Å²) >= 11 is 0. The highest BCUT2D eigenvalue weighted by molar-refractivity contribution is 6.12. The summed E-state index contributed by atoms with van der Waals surface area (Å²) in [6, 6.07) is 0. The third-order valence-corrected chi connectivity index (χ3v) is 31.4. The SMILES string of the molecule is CCC(OC1OC(C)C(O)C(OC2CCC(O)C(O)C2O)C1O)/C(O)=C(\OC1OC(C)C(OC(O)/C(O)=C(/OC(O)/C(O)=C(\O)C(O)CCO)C(C)O)C(O)C1O)C(O)OC(=O)[C@]12CCC(C)(C)CC1C1=CCC3[C@@]4(C)CC[C@H](OC5OC(C(=O)O)C(O)C(OC(O)C(O)C(O)C(C)O)C5OC5OC(CO)C(O)C(O)C5O)[C@@](C)(/C=N/NC(=O)CCCCCN5C(=O)C=CC5=O)C4CC[C@@]3(C)[C@]1(C)C[C@H]2O. The fourth-order valence-corrected chi connectivity index (χ4v) is 22.9. The molecule has 11 rings (SSSR count). The van der Waals surface area contributed by atoms with Crippen LogP contribution in [0.25, 0.3) is 0 Å². The van der Waals surface area contributed by atoms with E-state index in [-0.39, 0.29) is 83.6 Å². The van der Waals surface area contributed by atoms with E-state index in [0.29, 0.717) is 24.8 Å². The number of carboxylic acid groups (broad SMARTS) is 1. The van der Waals surface area contributed by atoms with E-state index in [2.05, 4.69) is 17.5 Å². The van der Waals surface area contributed by atoms with Crippen LogP contribution < -0.4 is 5.43 Å². The number of hydrazone groups is 1. The van der Waals surface area contributed by atoms with E-state index in [0.717, 1.165) is 37.8 Å². The molecule has 5 heterocycles. The molecule has 0 spiro atoms. The van der Waals surface area contributed by atoms with Crippen molar-refractivity contribution in [1.82, 2.24) is 10.3 Å². The van der Waals surface area contributed by atoms with Crippen LogP contribution in [-0.2, 0) is 85.6 Å². The number of hydrogen-bond donors (Lipinski definition) is 29. The van der Waals surface area contributed by atoms with Gasteiger partial charge in [-0.3, -0.25) is 24.1 Å². The number of imide groups is 1. The summed E-state index contributed by atoms with van der Waals surface area (Å²) in [6.07, 6.45) is -66.3. The van der Waals surface area contributed by atoms with Gasteiger partial charge in [-0.25, -0.2) is 10.2 Å². The van der Waals surface area contributed by atoms with Gasteiger partial charge >= 0.3 is 11.9 Å². The predicted molar refractivity (Wildman–Crippen MR) is 472 cm³/mol. The first kappa shape index (κ1) is 115. The number of aliphatic carboxylic acids is 1. The van der Waals surface area contributed by atoms with Crippen molar-refractivity contribution in [2.45, 2.75) is 407 Å². The Hall–Kier alpha value is -6.60. The summed E-state index contributed by atoms with van der Waals surface area (Å²) < 4.78 is 78.0. The Labute approximate surface area is 811 Å². The number of nitrogens with zero attached hydrogens (tertiary/aromatic N) is 2. The van der Waals surface area contributed by atoms with Crippen molar-refractivity contribution < 1.29 is 229 Å². The van der Waals surface area contributed by atoms with E-state index in [1.165, 1.54) is 20.1 Å². The summed E-state index contributed by atoms with van der Waals surface area (Å²) in [5, 5.41) is 317. The number of ether oxygens (including phenoxy) is 13. The Morgan fingerprint density at radius 2 is 1.23 bits per heavy atom. The molecule has 49 heteroatoms. The van der Waals surface area contributed by atoms with Crippen molar-refractivity contribution in [2.75, 3.05) is 19.8 Å². The maximum Gasteiger partial charge on any atom is 0.335 e. The van der Waals surface area contributed by atoms with Crippen LogP contribution in [0.2, 0.25) is 0 Å². The first-order valence-corrected chi connectivity index (χ1v) is 47.9. The lowest BCUT2D eigenvalue weighted by molar-refractivity contribution is -0.386. The normalized spacial score (nSPS) is 42.0. The second-order valence-corrected chi connectivity index (χ2v) is 41.0. The van der Waals surface area contributed by atoms with Crippen LogP contribution in [-0.4, -0.2) is 425 Å². The van der Waals surface area contributed by atoms with E-state index in [9.17, 15) is 162 Å². The number of hydrogen-bond acceptors (Lipinski definition) is 46. The monoisotopic (exact) mass is 2030 g/mol. The average molecular weight is 2030 g/mol. The molecule has 0 bridgehead atoms. The Balaban J connectivity index is 0.929. The van der Waals surface area contributed by atoms with Gasteiger partial charge in [-0.2, -0.15) is 5.10 Å². The number of carboxylic acids is 1. The molecule has 49 nitrogen and oxygen atoms in total. The molecular formula is C92H145N3O46. The molecule has 9 fully saturated rings. The Morgan fingerprint density at radius 1 is 0.574 bits per heavy atom. The lowest BCUT2D eigenvalue weighted by Crippen LogP contribution is -2.69. The van der Waals surface area contributed by atoms with Gasteiger partial charge in [0.25, 0.3) is 24.4 Å². The Bertz CT molecular complexity index is 4440. The summed E-state index contributed by atoms with van der Waals surface area (Å²) in [7, 11) is 0. The van der Waals surface area contributed by atoms with Gasteiger partial charge in [-0.15, -0.1) is 0 Å². The standard InChI is InChI=1S/C92H145N3O46/c1-12-44(132-84-69(121)72(55(107)38(4)129-84)131-45-19-18-42(100)56(108)58(45)110)60(112)75(139-82-66(118)62(114)71(39(5)130-82)136-80(126)68(120)70(37(3)99)135-79(125)64(116)57(109)43(101)25-31-96)81(127)141-86(128)92-29-28-87(6,7)32-41(92)40-17-20-48-88(8)26-24-50(89(9,47(88)23-27-90(48,10)91(40,11)33-49(92)102)35-93-94-51(103)16-14-13-15-30-95-52(104)21-22-53(95)105)134-85-76(140-83-65(117)61(113)59(111)46(34-97)133-83)73(67(119)74(138-85)77(122)123)137-78(124)63(115)54(106)36(2)98/h17,21-22,35-39,41-50,54-56,58-59,61-63,65-67,69,71-74,76,78-85,96-102,106-121,124-127H,12-16,18-20,23-34H2,1-11H3,(H,94,103)(H,122,123)/b64-57+,70-68-,75-60+,93-35+/t36?,37?,38?,39?,41?,42?,43?,44?,45?,46?,47?,48?,49-,50+,54?,55?,56?,58?,59?,61?,62?,63?,65?,66?,67?,69?,71?,72?,73?,74?,76?,78?,79?,80?,81?,82?,83?,84?,85?,88+,89+,90-,91-,92-/m1/s1. The number of esters is 1. The van der Waals surface area contributed by atoms with E-state index >= 15 is 4.79 Å². The number of carbonyl (C=O) groups is 5. The minimum absolute atomic E-state index is 0.0351. The van der Waals surface area contributed by atoms with Gasteiger partial charge < -0.3 is 205 Å². The zero-order chi connectivity index (χ0) is 105. The molecule has 4 saturated heterocycles. The number of unbranched alkanes of at least 4 members (excludes halogenated alkanes) is 2. The molecule has 804 valence electrons. The summed E-state index contributed by atoms with van der Waals surface area (Å²) in [4.78, 5) is 69.1. The zero-order valence-electron chi connectivity index (χ0n) is 80.2. The number of amides is 3. The predicted octanol–water partition coefficient (Wildman–Crippen LogP) is -4.86. The topological polar surface area (TPSA) is 799 Å². The number of rotatable bonds is 40. The molecule has 5 aliphatic heterocycles. The van der Waals surface area contributed by atoms with Crippen molar-refractivity contribution in [3.63, 3.8) is 0 Å². The molecule has 44 atom stereocenters. The van der Waals surface area contributed by atoms with Crippen LogP contribution in [0.1, 0.15) is 185 Å². The lowest BCUT2D eigenvalue weighted by Gasteiger charge is -2.71. The smallest absolute Gasteiger partial charge is 0.335 e. The third kappa shape index (κ3) is 23.3. The third-order valence-electron chi connectivity index (χ3n) is 31.4. The van der Waals surface area contributed by atoms with Crippen molar-refractivity contribution in [3.05, 3.63) is 58.4 Å². The Morgan fingerprint density at radius 3 is 1.87 bits per heavy atom. The van der Waals surface area contributed by atoms with Gasteiger partial charge in [0.2, 0.25) is 30.0 Å². The number of aliphatic hydroxyl groups excluding tert-OH is 27. The maximum absolute atomic E-state index is 16.3. The van der Waals surface area contributed by atoms with E-state index in [4.69, 9.17) is 61.6 Å². The Kier molecular flexibility index (Phi) is 37.8.